The molecular weight excluding hydrogens is 350 g/mol. The van der Waals surface area contributed by atoms with Gasteiger partial charge in [-0.3, -0.25) is 20.2 Å². The number of nitrogens with zero attached hydrogens (tertiary/aromatic N) is 3. The third-order valence-electron chi connectivity index (χ3n) is 3.84. The van der Waals surface area contributed by atoms with Gasteiger partial charge in [-0.2, -0.15) is 4.31 Å². The van der Waals surface area contributed by atoms with Crippen LogP contribution in [0.2, 0.25) is 0 Å². The number of hydrogen-bond acceptors (Lipinski definition) is 6. The minimum Gasteiger partial charge on any atom is -0.258 e. The average molecular weight is 367 g/mol. The Labute approximate surface area is 144 Å². The minimum absolute atomic E-state index is 0.0223. The van der Waals surface area contributed by atoms with E-state index in [1.807, 2.05) is 6.08 Å². The van der Waals surface area contributed by atoms with Crippen LogP contribution in [0.4, 0.5) is 11.4 Å². The lowest BCUT2D eigenvalue weighted by Crippen LogP contribution is -2.40. The highest BCUT2D eigenvalue weighted by Gasteiger charge is 2.36. The van der Waals surface area contributed by atoms with Crippen LogP contribution < -0.4 is 0 Å². The molecule has 0 heterocycles. The summed E-state index contributed by atoms with van der Waals surface area (Å²) >= 11 is 0. The molecule has 0 radical (unpaired) electrons. The highest BCUT2D eigenvalue weighted by molar-refractivity contribution is 7.89. The van der Waals surface area contributed by atoms with Gasteiger partial charge in [0.2, 0.25) is 0 Å². The molecule has 1 aromatic rings. The van der Waals surface area contributed by atoms with Crippen molar-refractivity contribution < 1.29 is 18.3 Å². The van der Waals surface area contributed by atoms with E-state index in [9.17, 15) is 28.6 Å². The van der Waals surface area contributed by atoms with Crippen molar-refractivity contribution in [1.29, 1.82) is 0 Å². The molecule has 1 unspecified atom stereocenters. The van der Waals surface area contributed by atoms with E-state index in [0.29, 0.717) is 12.5 Å². The van der Waals surface area contributed by atoms with Crippen LogP contribution in [-0.4, -0.2) is 35.2 Å². The van der Waals surface area contributed by atoms with Crippen molar-refractivity contribution in [2.75, 3.05) is 6.54 Å². The Bertz CT molecular complexity index is 834. The molecule has 1 aromatic carbocycles. The van der Waals surface area contributed by atoms with Gasteiger partial charge in [-0.25, -0.2) is 8.42 Å². The minimum atomic E-state index is -4.23. The summed E-state index contributed by atoms with van der Waals surface area (Å²) in [6, 6.07) is 2.08. The van der Waals surface area contributed by atoms with Crippen LogP contribution in [0.1, 0.15) is 19.3 Å². The molecule has 0 aliphatic heterocycles. The Morgan fingerprint density at radius 2 is 2.00 bits per heavy atom. The fraction of sp³-hybridized carbons (Fsp3) is 0.333. The Hall–Kier alpha value is -2.59. The molecule has 0 spiro atoms. The molecule has 9 nitrogen and oxygen atoms in total. The van der Waals surface area contributed by atoms with Crippen molar-refractivity contribution in [3.8, 4) is 0 Å². The highest BCUT2D eigenvalue weighted by Crippen LogP contribution is 2.32. The fourth-order valence-corrected chi connectivity index (χ4v) is 4.40. The Balaban J connectivity index is 2.57. The summed E-state index contributed by atoms with van der Waals surface area (Å²) in [6.45, 7) is 3.52. The molecule has 0 saturated heterocycles. The number of sulfonamides is 1. The summed E-state index contributed by atoms with van der Waals surface area (Å²) in [4.78, 5) is 19.8. The molecule has 1 atom stereocenters. The first-order valence-corrected chi connectivity index (χ1v) is 8.95. The molecule has 2 rings (SSSR count). The zero-order chi connectivity index (χ0) is 18.6. The van der Waals surface area contributed by atoms with Gasteiger partial charge in [0.25, 0.3) is 21.4 Å². The molecule has 25 heavy (non-hydrogen) atoms. The second kappa shape index (κ2) is 7.53. The highest BCUT2D eigenvalue weighted by atomic mass is 32.2. The molecule has 0 fully saturated rings. The van der Waals surface area contributed by atoms with E-state index in [-0.39, 0.29) is 6.54 Å². The normalized spacial score (nSPS) is 17.4. The number of benzene rings is 1. The second-order valence-corrected chi connectivity index (χ2v) is 7.32. The summed E-state index contributed by atoms with van der Waals surface area (Å²) in [7, 11) is -4.23. The molecule has 0 bridgehead atoms. The molecule has 0 N–H and O–H groups in total. The van der Waals surface area contributed by atoms with Gasteiger partial charge in [0.05, 0.1) is 15.9 Å². The lowest BCUT2D eigenvalue weighted by Gasteiger charge is -2.29. The largest absolute Gasteiger partial charge is 0.296 e. The maximum atomic E-state index is 13.0. The van der Waals surface area contributed by atoms with Crippen molar-refractivity contribution >= 4 is 21.4 Å². The van der Waals surface area contributed by atoms with Crippen LogP contribution in [-0.2, 0) is 10.0 Å². The SMILES string of the molecule is C=CCN(C1C=CCCC1)S(=O)(=O)c1ccc([N+](=O)[O-])cc1[N+](=O)[O-]. The zero-order valence-electron chi connectivity index (χ0n) is 13.3. The van der Waals surface area contributed by atoms with Gasteiger partial charge < -0.3 is 0 Å². The van der Waals surface area contributed by atoms with E-state index in [2.05, 4.69) is 6.58 Å². The molecule has 10 heteroatoms. The lowest BCUT2D eigenvalue weighted by molar-refractivity contribution is -0.396. The molecule has 0 aromatic heterocycles. The van der Waals surface area contributed by atoms with E-state index >= 15 is 0 Å². The standard InChI is InChI=1S/C15H17N3O6S/c1-2-10-16(12-6-4-3-5-7-12)25(23,24)15-9-8-13(17(19)20)11-14(15)18(21)22/h2,4,6,8-9,11-12H,1,3,5,7,10H2. The number of non-ortho nitro benzene ring substituents is 1. The number of nitro groups is 2. The van der Waals surface area contributed by atoms with Gasteiger partial charge in [0.1, 0.15) is 0 Å². The quantitative estimate of drug-likeness (QED) is 0.415. The predicted octanol–water partition coefficient (Wildman–Crippen LogP) is 2.79. The Morgan fingerprint density at radius 3 is 2.52 bits per heavy atom. The second-order valence-electron chi connectivity index (χ2n) is 5.46. The summed E-state index contributed by atoms with van der Waals surface area (Å²) in [6.07, 6.45) is 7.25. The van der Waals surface area contributed by atoms with Crippen LogP contribution in [0.5, 0.6) is 0 Å². The van der Waals surface area contributed by atoms with Crippen molar-refractivity contribution in [1.82, 2.24) is 4.31 Å². The first-order valence-electron chi connectivity index (χ1n) is 7.51. The zero-order valence-corrected chi connectivity index (χ0v) is 14.1. The number of rotatable bonds is 7. The maximum Gasteiger partial charge on any atom is 0.296 e. The predicted molar refractivity (Wildman–Crippen MR) is 90.6 cm³/mol. The van der Waals surface area contributed by atoms with Gasteiger partial charge in [0, 0.05) is 18.7 Å². The molecular formula is C15H17N3O6S. The van der Waals surface area contributed by atoms with Gasteiger partial charge >= 0.3 is 0 Å². The van der Waals surface area contributed by atoms with Crippen molar-refractivity contribution in [2.45, 2.75) is 30.2 Å². The van der Waals surface area contributed by atoms with Gasteiger partial charge in [-0.05, 0) is 25.3 Å². The number of hydrogen-bond donors (Lipinski definition) is 0. The summed E-state index contributed by atoms with van der Waals surface area (Å²) in [5.74, 6) is 0. The van der Waals surface area contributed by atoms with E-state index < -0.39 is 42.2 Å². The molecule has 134 valence electrons. The third kappa shape index (κ3) is 3.91. The smallest absolute Gasteiger partial charge is 0.258 e. The fourth-order valence-electron chi connectivity index (χ4n) is 2.68. The topological polar surface area (TPSA) is 124 Å². The Morgan fingerprint density at radius 1 is 1.28 bits per heavy atom. The van der Waals surface area contributed by atoms with E-state index in [1.165, 1.54) is 6.08 Å². The van der Waals surface area contributed by atoms with Crippen LogP contribution in [0, 0.1) is 20.2 Å². The first-order chi connectivity index (χ1) is 11.8. The van der Waals surface area contributed by atoms with Crippen molar-refractivity contribution in [3.05, 3.63) is 63.2 Å². The molecule has 1 aliphatic rings. The van der Waals surface area contributed by atoms with Gasteiger partial charge in [-0.15, -0.1) is 6.58 Å². The lowest BCUT2D eigenvalue weighted by atomic mass is 10.0. The maximum absolute atomic E-state index is 13.0. The van der Waals surface area contributed by atoms with Gasteiger partial charge in [0.15, 0.2) is 4.90 Å². The average Bonchev–Trinajstić information content (AvgIpc) is 2.59. The number of nitro benzene ring substituents is 2. The van der Waals surface area contributed by atoms with E-state index in [1.54, 1.807) is 6.08 Å². The first kappa shape index (κ1) is 18.7. The van der Waals surface area contributed by atoms with Crippen LogP contribution in [0.15, 0.2) is 47.9 Å². The monoisotopic (exact) mass is 367 g/mol. The van der Waals surface area contributed by atoms with Crippen molar-refractivity contribution in [3.63, 3.8) is 0 Å². The molecule has 1 aliphatic carbocycles. The Kier molecular flexibility index (Phi) is 5.65. The van der Waals surface area contributed by atoms with Gasteiger partial charge in [-0.1, -0.05) is 18.2 Å². The summed E-state index contributed by atoms with van der Waals surface area (Å²) < 4.78 is 27.1. The number of allylic oxidation sites excluding steroid dienone is 1. The summed E-state index contributed by atoms with van der Waals surface area (Å²) in [5.41, 5.74) is -1.36. The molecule has 0 saturated carbocycles. The van der Waals surface area contributed by atoms with Crippen LogP contribution in [0.25, 0.3) is 0 Å². The van der Waals surface area contributed by atoms with E-state index in [0.717, 1.165) is 29.3 Å². The third-order valence-corrected chi connectivity index (χ3v) is 5.78. The summed E-state index contributed by atoms with van der Waals surface area (Å²) in [5, 5.41) is 22.1. The van der Waals surface area contributed by atoms with Crippen LogP contribution >= 0.6 is 0 Å². The van der Waals surface area contributed by atoms with Crippen molar-refractivity contribution in [2.24, 2.45) is 0 Å². The van der Waals surface area contributed by atoms with Crippen LogP contribution in [0.3, 0.4) is 0 Å². The molecule has 0 amide bonds. The van der Waals surface area contributed by atoms with E-state index in [4.69, 9.17) is 0 Å².